The van der Waals surface area contributed by atoms with Crippen LogP contribution in [0.3, 0.4) is 0 Å². The molecule has 2 aromatic carbocycles. The van der Waals surface area contributed by atoms with Crippen molar-refractivity contribution < 1.29 is 0 Å². The normalized spacial score (nSPS) is 14.3. The first kappa shape index (κ1) is 18.9. The molecule has 0 fully saturated rings. The molecule has 0 aliphatic carbocycles. The Morgan fingerprint density at radius 2 is 1.90 bits per heavy atom. The quantitative estimate of drug-likeness (QED) is 0.521. The average Bonchev–Trinajstić information content (AvgIpc) is 2.74. The van der Waals surface area contributed by atoms with Crippen LogP contribution in [0.15, 0.2) is 47.3 Å². The third-order valence-corrected chi connectivity index (χ3v) is 6.01. The van der Waals surface area contributed by atoms with Crippen molar-refractivity contribution >= 4 is 21.8 Å². The van der Waals surface area contributed by atoms with Gasteiger partial charge in [0.1, 0.15) is 5.82 Å². The molecule has 5 nitrogen and oxygen atoms in total. The lowest BCUT2D eigenvalue weighted by molar-refractivity contribution is 0.243. The predicted octanol–water partition coefficient (Wildman–Crippen LogP) is 4.29. The predicted molar refractivity (Wildman–Crippen MR) is 121 cm³/mol. The minimum atomic E-state index is 0.0217. The highest BCUT2D eigenvalue weighted by Crippen LogP contribution is 2.29. The summed E-state index contributed by atoms with van der Waals surface area (Å²) in [5, 5.41) is 2.39. The molecule has 5 rings (SSSR count). The van der Waals surface area contributed by atoms with Crippen LogP contribution in [0.5, 0.6) is 0 Å². The minimum absolute atomic E-state index is 0.0217. The first-order valence-electron chi connectivity index (χ1n) is 10.7. The van der Waals surface area contributed by atoms with E-state index in [0.29, 0.717) is 6.54 Å². The number of para-hydroxylation sites is 1. The maximum absolute atomic E-state index is 12.7. The van der Waals surface area contributed by atoms with Crippen LogP contribution in [0, 0.1) is 6.92 Å². The summed E-state index contributed by atoms with van der Waals surface area (Å²) >= 11 is 0. The third kappa shape index (κ3) is 3.39. The highest BCUT2D eigenvalue weighted by molar-refractivity contribution is 5.97. The molecule has 0 radical (unpaired) electrons. The average molecular weight is 399 g/mol. The van der Waals surface area contributed by atoms with Crippen LogP contribution < -0.4 is 5.56 Å². The number of aromatic nitrogens is 3. The van der Waals surface area contributed by atoms with Gasteiger partial charge in [-0.25, -0.2) is 9.97 Å². The zero-order valence-corrected chi connectivity index (χ0v) is 17.5. The molecule has 3 heterocycles. The highest BCUT2D eigenvalue weighted by atomic mass is 16.1. The van der Waals surface area contributed by atoms with Gasteiger partial charge in [0.25, 0.3) is 5.56 Å². The Morgan fingerprint density at radius 1 is 1.07 bits per heavy atom. The lowest BCUT2D eigenvalue weighted by Crippen LogP contribution is -2.36. The molecule has 0 bridgehead atoms. The second kappa shape index (κ2) is 7.65. The number of pyridine rings is 1. The summed E-state index contributed by atoms with van der Waals surface area (Å²) in [6.45, 7) is 6.55. The Kier molecular flexibility index (Phi) is 4.83. The molecule has 4 aromatic rings. The van der Waals surface area contributed by atoms with Gasteiger partial charge in [-0.15, -0.1) is 0 Å². The largest absolute Gasteiger partial charge is 0.310 e. The summed E-state index contributed by atoms with van der Waals surface area (Å²) < 4.78 is 0. The van der Waals surface area contributed by atoms with E-state index in [2.05, 4.69) is 60.1 Å². The molecule has 152 valence electrons. The number of H-pyrrole nitrogens is 1. The van der Waals surface area contributed by atoms with Crippen LogP contribution in [0.25, 0.3) is 21.8 Å². The van der Waals surface area contributed by atoms with E-state index in [9.17, 15) is 4.79 Å². The van der Waals surface area contributed by atoms with Gasteiger partial charge in [0.2, 0.25) is 0 Å². The molecular formula is C25H26N4O. The standard InChI is InChI=1S/C25H26N4O/c1-3-6-24-27-23-11-12-29(15-20(23)25(30)28-24)14-19-17-7-4-5-8-21(17)26-22-10-9-16(2)13-18(19)22/h4-5,7-10,13H,3,6,11-12,14-15H2,1-2H3,(H,27,28,30). The Hall–Kier alpha value is -3.05. The highest BCUT2D eigenvalue weighted by Gasteiger charge is 2.22. The molecule has 1 aliphatic heterocycles. The van der Waals surface area contributed by atoms with Crippen LogP contribution in [-0.4, -0.2) is 26.4 Å². The van der Waals surface area contributed by atoms with Crippen LogP contribution in [0.2, 0.25) is 0 Å². The number of rotatable bonds is 4. The van der Waals surface area contributed by atoms with Gasteiger partial charge in [0.15, 0.2) is 0 Å². The summed E-state index contributed by atoms with van der Waals surface area (Å²) in [7, 11) is 0. The van der Waals surface area contributed by atoms with Gasteiger partial charge in [-0.3, -0.25) is 9.69 Å². The van der Waals surface area contributed by atoms with Crippen LogP contribution >= 0.6 is 0 Å². The van der Waals surface area contributed by atoms with E-state index in [1.165, 1.54) is 21.9 Å². The van der Waals surface area contributed by atoms with Crippen molar-refractivity contribution in [1.82, 2.24) is 19.9 Å². The van der Waals surface area contributed by atoms with E-state index in [4.69, 9.17) is 9.97 Å². The monoisotopic (exact) mass is 398 g/mol. The Labute approximate surface area is 175 Å². The summed E-state index contributed by atoms with van der Waals surface area (Å²) in [6, 6.07) is 14.8. The Bertz CT molecular complexity index is 1310. The lowest BCUT2D eigenvalue weighted by Gasteiger charge is -2.28. The number of aromatic amines is 1. The van der Waals surface area contributed by atoms with Crippen LogP contribution in [0.4, 0.5) is 0 Å². The molecule has 1 N–H and O–H groups in total. The lowest BCUT2D eigenvalue weighted by atomic mass is 9.99. The van der Waals surface area contributed by atoms with E-state index in [1.807, 2.05) is 6.07 Å². The van der Waals surface area contributed by atoms with Crippen molar-refractivity contribution in [3.05, 3.63) is 81.0 Å². The van der Waals surface area contributed by atoms with Gasteiger partial charge in [0.05, 0.1) is 22.3 Å². The fourth-order valence-corrected chi connectivity index (χ4v) is 4.51. The van der Waals surface area contributed by atoms with E-state index in [0.717, 1.165) is 60.5 Å². The number of aryl methyl sites for hydroxylation is 2. The number of benzene rings is 2. The molecule has 2 aromatic heterocycles. The van der Waals surface area contributed by atoms with Gasteiger partial charge in [0, 0.05) is 43.2 Å². The maximum atomic E-state index is 12.7. The van der Waals surface area contributed by atoms with Gasteiger partial charge in [-0.2, -0.15) is 0 Å². The molecule has 0 saturated carbocycles. The van der Waals surface area contributed by atoms with Gasteiger partial charge in [-0.1, -0.05) is 36.8 Å². The first-order chi connectivity index (χ1) is 14.6. The molecule has 0 saturated heterocycles. The first-order valence-corrected chi connectivity index (χ1v) is 10.7. The summed E-state index contributed by atoms with van der Waals surface area (Å²) in [5.74, 6) is 0.816. The molecule has 5 heteroatoms. The second-order valence-electron chi connectivity index (χ2n) is 8.28. The number of hydrogen-bond donors (Lipinski definition) is 1. The van der Waals surface area contributed by atoms with Crippen molar-refractivity contribution in [3.8, 4) is 0 Å². The molecule has 0 spiro atoms. The molecular weight excluding hydrogens is 372 g/mol. The second-order valence-corrected chi connectivity index (χ2v) is 8.28. The van der Waals surface area contributed by atoms with E-state index < -0.39 is 0 Å². The van der Waals surface area contributed by atoms with E-state index >= 15 is 0 Å². The van der Waals surface area contributed by atoms with Crippen molar-refractivity contribution in [2.75, 3.05) is 6.54 Å². The van der Waals surface area contributed by atoms with Gasteiger partial charge >= 0.3 is 0 Å². The number of fused-ring (bicyclic) bond motifs is 3. The van der Waals surface area contributed by atoms with Gasteiger partial charge in [-0.05, 0) is 37.1 Å². The summed E-state index contributed by atoms with van der Waals surface area (Å²) in [4.78, 5) is 27.6. The maximum Gasteiger partial charge on any atom is 0.255 e. The van der Waals surface area contributed by atoms with Crippen LogP contribution in [-0.2, 0) is 25.9 Å². The number of nitrogens with zero attached hydrogens (tertiary/aromatic N) is 3. The Morgan fingerprint density at radius 3 is 2.77 bits per heavy atom. The number of hydrogen-bond acceptors (Lipinski definition) is 4. The molecule has 0 amide bonds. The number of nitrogens with one attached hydrogen (secondary N) is 1. The summed E-state index contributed by atoms with van der Waals surface area (Å²) in [6.07, 6.45) is 2.62. The Balaban J connectivity index is 1.55. The van der Waals surface area contributed by atoms with Crippen molar-refractivity contribution in [1.29, 1.82) is 0 Å². The van der Waals surface area contributed by atoms with Crippen molar-refractivity contribution in [2.24, 2.45) is 0 Å². The molecule has 30 heavy (non-hydrogen) atoms. The molecule has 0 unspecified atom stereocenters. The third-order valence-electron chi connectivity index (χ3n) is 6.01. The smallest absolute Gasteiger partial charge is 0.255 e. The molecule has 1 aliphatic rings. The summed E-state index contributed by atoms with van der Waals surface area (Å²) in [5.41, 5.74) is 6.37. The minimum Gasteiger partial charge on any atom is -0.310 e. The van der Waals surface area contributed by atoms with Gasteiger partial charge < -0.3 is 4.98 Å². The van der Waals surface area contributed by atoms with Crippen molar-refractivity contribution in [2.45, 2.75) is 46.2 Å². The topological polar surface area (TPSA) is 61.9 Å². The van der Waals surface area contributed by atoms with E-state index in [1.54, 1.807) is 0 Å². The van der Waals surface area contributed by atoms with Crippen molar-refractivity contribution in [3.63, 3.8) is 0 Å². The fourth-order valence-electron chi connectivity index (χ4n) is 4.51. The zero-order valence-electron chi connectivity index (χ0n) is 17.5. The fraction of sp³-hybridized carbons (Fsp3) is 0.320. The SMILES string of the molecule is CCCc1nc2c(c(=O)[nH]1)CN(Cc1c3ccccc3nc3ccc(C)cc13)CC2. The zero-order chi connectivity index (χ0) is 20.7. The van der Waals surface area contributed by atoms with E-state index in [-0.39, 0.29) is 5.56 Å². The van der Waals surface area contributed by atoms with Crippen LogP contribution in [0.1, 0.15) is 41.6 Å². The molecule has 0 atom stereocenters.